The Morgan fingerprint density at radius 1 is 0.325 bits per heavy atom. The van der Waals surface area contributed by atoms with Crippen molar-refractivity contribution >= 4 is 23.6 Å². The lowest BCUT2D eigenvalue weighted by Crippen LogP contribution is -2.36. The standard InChI is InChI=1S/C64H76N12O4/c1-37(2)49-57-65-54(41(9)73(57)33-45-25-17-13-18-26-45)62(78)70-51(39(5)6)59-67-56(43(11)75(59)35-47-29-21-15-22-30-47)64(80)72-52(40(7)8)60-68-55(44(12)76(60)36-48-31-23-16-24-32-48)63(79)71-50(38(3)4)58-66-53(61(77)69-49)42(10)74(58)34-46-27-19-14-20-28-46/h13-32,37-40,49-52H,33-36H2,1-12H3,(H,69,77)(H,70,78)(H,71,79)(H,72,80)/t49-,50-,51-,52-/m0/s1. The summed E-state index contributed by atoms with van der Waals surface area (Å²) >= 11 is 0. The predicted molar refractivity (Wildman–Crippen MR) is 310 cm³/mol. The monoisotopic (exact) mass is 1080 g/mol. The van der Waals surface area contributed by atoms with Crippen LogP contribution in [-0.4, -0.2) is 61.8 Å². The molecular weight excluding hydrogens is 1000 g/mol. The van der Waals surface area contributed by atoms with E-state index in [1.54, 1.807) is 0 Å². The Balaban J connectivity index is 1.26. The first-order chi connectivity index (χ1) is 38.3. The van der Waals surface area contributed by atoms with Crippen LogP contribution in [0.15, 0.2) is 121 Å². The number of hydrogen-bond donors (Lipinski definition) is 4. The summed E-state index contributed by atoms with van der Waals surface area (Å²) in [6.07, 6.45) is 0. The van der Waals surface area contributed by atoms with Crippen LogP contribution in [0.4, 0.5) is 0 Å². The lowest BCUT2D eigenvalue weighted by molar-refractivity contribution is 0.0908. The first-order valence-electron chi connectivity index (χ1n) is 28.0. The smallest absolute Gasteiger partial charge is 0.272 e. The average Bonchev–Trinajstić information content (AvgIpc) is 4.15. The molecule has 1 aliphatic rings. The number of carbonyl (C=O) groups excluding carboxylic acids is 4. The average molecular weight is 1080 g/mol. The van der Waals surface area contributed by atoms with Gasteiger partial charge in [-0.15, -0.1) is 0 Å². The molecule has 4 aromatic carbocycles. The highest BCUT2D eigenvalue weighted by Crippen LogP contribution is 2.33. The van der Waals surface area contributed by atoms with E-state index < -0.39 is 47.8 Å². The minimum Gasteiger partial charge on any atom is -0.340 e. The summed E-state index contributed by atoms with van der Waals surface area (Å²) in [5.41, 5.74) is 7.21. The maximum absolute atomic E-state index is 15.2. The highest BCUT2D eigenvalue weighted by molar-refractivity contribution is 5.96. The van der Waals surface area contributed by atoms with Gasteiger partial charge in [-0.25, -0.2) is 19.9 Å². The third-order valence-corrected chi connectivity index (χ3v) is 15.5. The number of benzene rings is 4. The third kappa shape index (κ3) is 11.7. The molecule has 416 valence electrons. The quantitative estimate of drug-likeness (QED) is 0.0930. The molecule has 4 N–H and O–H groups in total. The lowest BCUT2D eigenvalue weighted by atomic mass is 10.0. The zero-order chi connectivity index (χ0) is 57.1. The van der Waals surface area contributed by atoms with Gasteiger partial charge in [-0.3, -0.25) is 19.2 Å². The Hall–Kier alpha value is -8.40. The van der Waals surface area contributed by atoms with Crippen molar-refractivity contribution in [2.75, 3.05) is 0 Å². The first-order valence-corrected chi connectivity index (χ1v) is 28.0. The molecule has 0 spiro atoms. The van der Waals surface area contributed by atoms with Crippen LogP contribution in [0.25, 0.3) is 0 Å². The summed E-state index contributed by atoms with van der Waals surface area (Å²) in [5, 5.41) is 13.4. The van der Waals surface area contributed by atoms with Gasteiger partial charge in [0.25, 0.3) is 23.6 Å². The molecule has 0 unspecified atom stereocenters. The molecule has 0 radical (unpaired) electrons. The molecule has 8 bridgehead atoms. The molecule has 16 nitrogen and oxygen atoms in total. The lowest BCUT2D eigenvalue weighted by Gasteiger charge is -2.23. The Morgan fingerprint density at radius 3 is 0.662 bits per heavy atom. The topological polar surface area (TPSA) is 188 Å². The zero-order valence-electron chi connectivity index (χ0n) is 48.2. The van der Waals surface area contributed by atoms with Crippen molar-refractivity contribution in [2.45, 2.75) is 133 Å². The van der Waals surface area contributed by atoms with Gasteiger partial charge in [-0.1, -0.05) is 177 Å². The van der Waals surface area contributed by atoms with E-state index in [2.05, 4.69) is 21.3 Å². The second kappa shape index (κ2) is 23.9. The van der Waals surface area contributed by atoms with Gasteiger partial charge < -0.3 is 39.5 Å². The number of nitrogens with one attached hydrogen (secondary N) is 4. The van der Waals surface area contributed by atoms with Crippen molar-refractivity contribution in [1.29, 1.82) is 0 Å². The number of rotatable bonds is 12. The number of nitrogens with zero attached hydrogens (tertiary/aromatic N) is 8. The summed E-state index contributed by atoms with van der Waals surface area (Å²) in [7, 11) is 0. The van der Waals surface area contributed by atoms with Crippen LogP contribution in [0.3, 0.4) is 0 Å². The van der Waals surface area contributed by atoms with Gasteiger partial charge in [0, 0.05) is 49.0 Å². The normalized spacial score (nSPS) is 17.4. The van der Waals surface area contributed by atoms with Gasteiger partial charge in [0.2, 0.25) is 0 Å². The summed E-state index contributed by atoms with van der Waals surface area (Å²) in [5.74, 6) is -0.483. The molecule has 0 saturated heterocycles. The first kappa shape index (κ1) is 56.3. The molecule has 1 aliphatic heterocycles. The molecule has 9 rings (SSSR count). The van der Waals surface area contributed by atoms with E-state index in [9.17, 15) is 0 Å². The highest BCUT2D eigenvalue weighted by Gasteiger charge is 2.37. The number of carbonyl (C=O) groups is 4. The summed E-state index contributed by atoms with van der Waals surface area (Å²) in [4.78, 5) is 81.6. The number of aromatic nitrogens is 8. The molecule has 4 aromatic heterocycles. The molecule has 80 heavy (non-hydrogen) atoms. The van der Waals surface area contributed by atoms with Gasteiger partial charge >= 0.3 is 0 Å². The molecule has 8 aromatic rings. The van der Waals surface area contributed by atoms with E-state index in [0.29, 0.717) is 72.3 Å². The van der Waals surface area contributed by atoms with E-state index >= 15 is 19.2 Å². The van der Waals surface area contributed by atoms with E-state index in [1.165, 1.54) is 0 Å². The van der Waals surface area contributed by atoms with Crippen molar-refractivity contribution in [1.82, 2.24) is 59.5 Å². The van der Waals surface area contributed by atoms with Crippen LogP contribution in [-0.2, 0) is 26.2 Å². The molecular formula is C64H76N12O4. The van der Waals surface area contributed by atoms with Crippen LogP contribution in [0.1, 0.15) is 190 Å². The summed E-state index contributed by atoms with van der Waals surface area (Å²) in [6.45, 7) is 25.2. The van der Waals surface area contributed by atoms with E-state index in [0.717, 1.165) is 22.3 Å². The Labute approximate surface area is 469 Å². The summed E-state index contributed by atoms with van der Waals surface area (Å²) in [6, 6.07) is 37.1. The fraction of sp³-hybridized carbons (Fsp3) is 0.375. The molecule has 5 heterocycles. The fourth-order valence-electron chi connectivity index (χ4n) is 10.9. The van der Waals surface area contributed by atoms with E-state index in [1.807, 2.05) is 223 Å². The minimum atomic E-state index is -0.688. The predicted octanol–water partition coefficient (Wildman–Crippen LogP) is 10.7. The van der Waals surface area contributed by atoms with Crippen molar-refractivity contribution in [3.8, 4) is 0 Å². The maximum atomic E-state index is 15.2. The number of imidazole rings is 4. The second-order valence-corrected chi connectivity index (χ2v) is 22.7. The Morgan fingerprint density at radius 2 is 0.500 bits per heavy atom. The fourth-order valence-corrected chi connectivity index (χ4v) is 10.9. The van der Waals surface area contributed by atoms with Crippen LogP contribution < -0.4 is 21.3 Å². The van der Waals surface area contributed by atoms with Gasteiger partial charge in [0.05, 0.1) is 24.2 Å². The molecule has 16 heteroatoms. The largest absolute Gasteiger partial charge is 0.340 e. The molecule has 0 saturated carbocycles. The van der Waals surface area contributed by atoms with Gasteiger partial charge in [0.1, 0.15) is 46.1 Å². The van der Waals surface area contributed by atoms with Crippen LogP contribution in [0.2, 0.25) is 0 Å². The van der Waals surface area contributed by atoms with E-state index in [4.69, 9.17) is 19.9 Å². The molecule has 0 aliphatic carbocycles. The SMILES string of the molecule is Cc1c2nc(n1Cc1ccccc1)[C@H](C(C)C)NC(=O)c1nc(n(Cc3ccccc3)c1C)[C@H](C(C)C)NC(=O)c1nc(n(Cc3ccccc3)c1C)[C@H](C(C)C)NC(=O)c1nc(n(Cc3ccccc3)c1C)[C@H](C(C)C)NC2=O. The molecule has 4 atom stereocenters. The number of fused-ring (bicyclic) bond motifs is 8. The van der Waals surface area contributed by atoms with Gasteiger partial charge in [-0.2, -0.15) is 0 Å². The minimum absolute atomic E-state index is 0.202. The third-order valence-electron chi connectivity index (χ3n) is 15.5. The number of hydrogen-bond acceptors (Lipinski definition) is 8. The van der Waals surface area contributed by atoms with Crippen molar-refractivity contribution in [3.63, 3.8) is 0 Å². The Kier molecular flexibility index (Phi) is 16.8. The highest BCUT2D eigenvalue weighted by atomic mass is 16.2. The summed E-state index contributed by atoms with van der Waals surface area (Å²) < 4.78 is 8.06. The van der Waals surface area contributed by atoms with Crippen molar-refractivity contribution in [3.05, 3.63) is 212 Å². The zero-order valence-corrected chi connectivity index (χ0v) is 48.2. The number of amides is 4. The van der Waals surface area contributed by atoms with Crippen molar-refractivity contribution < 1.29 is 19.2 Å². The molecule has 0 fully saturated rings. The van der Waals surface area contributed by atoms with Crippen LogP contribution in [0.5, 0.6) is 0 Å². The van der Waals surface area contributed by atoms with Crippen LogP contribution in [0, 0.1) is 51.4 Å². The van der Waals surface area contributed by atoms with E-state index in [-0.39, 0.29) is 46.4 Å². The second-order valence-electron chi connectivity index (χ2n) is 22.7. The van der Waals surface area contributed by atoms with Gasteiger partial charge in [-0.05, 0) is 73.6 Å². The van der Waals surface area contributed by atoms with Crippen molar-refractivity contribution in [2.24, 2.45) is 23.7 Å². The van der Waals surface area contributed by atoms with Crippen LogP contribution >= 0.6 is 0 Å². The maximum Gasteiger partial charge on any atom is 0.272 e. The van der Waals surface area contributed by atoms with Gasteiger partial charge in [0.15, 0.2) is 0 Å². The Bertz CT molecular complexity index is 3040. The molecule has 4 amide bonds.